The van der Waals surface area contributed by atoms with Crippen molar-refractivity contribution in [2.24, 2.45) is 5.92 Å². The summed E-state index contributed by atoms with van der Waals surface area (Å²) in [6, 6.07) is 0.907. The number of rotatable bonds is 1. The highest BCUT2D eigenvalue weighted by Gasteiger charge is 2.46. The number of Topliss-reactive ketones (excluding diaryl/α,β-unsaturated/α-hetero) is 1. The summed E-state index contributed by atoms with van der Waals surface area (Å²) in [5.41, 5.74) is 1.01. The summed E-state index contributed by atoms with van der Waals surface area (Å²) >= 11 is 6.20. The second kappa shape index (κ2) is 5.27. The average molecular weight is 310 g/mol. The molecule has 0 aromatic carbocycles. The monoisotopic (exact) mass is 309 g/mol. The molecule has 2 bridgehead atoms. The lowest BCUT2D eigenvalue weighted by molar-refractivity contribution is -0.123. The van der Waals surface area contributed by atoms with E-state index in [9.17, 15) is 4.79 Å². The Labute approximate surface area is 131 Å². The molecule has 3 aliphatic heterocycles. The summed E-state index contributed by atoms with van der Waals surface area (Å²) in [6.45, 7) is 0. The summed E-state index contributed by atoms with van der Waals surface area (Å²) in [4.78, 5) is 15.1. The first-order valence-corrected chi connectivity index (χ1v) is 8.86. The molecule has 0 amide bonds. The van der Waals surface area contributed by atoms with Gasteiger partial charge in [0.1, 0.15) is 11.9 Å². The number of fused-ring (bicyclic) bond motifs is 3. The fourth-order valence-electron chi connectivity index (χ4n) is 4.80. The average Bonchev–Trinajstić information content (AvgIpc) is 2.71. The van der Waals surface area contributed by atoms with Gasteiger partial charge in [0, 0.05) is 30.3 Å². The third-order valence-electron chi connectivity index (χ3n) is 6.10. The maximum atomic E-state index is 12.7. The molecule has 0 aromatic heterocycles. The second-order valence-electron chi connectivity index (χ2n) is 7.25. The van der Waals surface area contributed by atoms with Crippen LogP contribution in [0.25, 0.3) is 0 Å². The Hall–Kier alpha value is -0.540. The van der Waals surface area contributed by atoms with Crippen LogP contribution in [-0.4, -0.2) is 41.3 Å². The van der Waals surface area contributed by atoms with Crippen molar-refractivity contribution < 1.29 is 9.53 Å². The van der Waals surface area contributed by atoms with Crippen molar-refractivity contribution in [1.82, 2.24) is 4.90 Å². The van der Waals surface area contributed by atoms with Crippen molar-refractivity contribution in [3.8, 4) is 0 Å². The first-order chi connectivity index (χ1) is 10.1. The van der Waals surface area contributed by atoms with Crippen LogP contribution >= 0.6 is 11.6 Å². The Morgan fingerprint density at radius 1 is 1.10 bits per heavy atom. The number of carbonyl (C=O) groups is 1. The summed E-state index contributed by atoms with van der Waals surface area (Å²) < 4.78 is 6.35. The number of hydrogen-bond acceptors (Lipinski definition) is 3. The first kappa shape index (κ1) is 14.1. The van der Waals surface area contributed by atoms with Gasteiger partial charge in [0.2, 0.25) is 0 Å². The zero-order valence-corrected chi connectivity index (χ0v) is 13.4. The smallest absolute Gasteiger partial charge is 0.167 e. The van der Waals surface area contributed by atoms with Crippen molar-refractivity contribution in [2.45, 2.75) is 74.9 Å². The molecule has 1 saturated carbocycles. The molecule has 0 aromatic rings. The van der Waals surface area contributed by atoms with Crippen LogP contribution in [0.3, 0.4) is 0 Å². The van der Waals surface area contributed by atoms with Crippen LogP contribution in [0.4, 0.5) is 0 Å². The second-order valence-corrected chi connectivity index (χ2v) is 7.87. The maximum absolute atomic E-state index is 12.7. The summed E-state index contributed by atoms with van der Waals surface area (Å²) in [5.74, 6) is 1.91. The van der Waals surface area contributed by atoms with Gasteiger partial charge in [-0.3, -0.25) is 9.69 Å². The number of halogens is 1. The van der Waals surface area contributed by atoms with E-state index >= 15 is 0 Å². The molecular formula is C17H24ClNO2. The van der Waals surface area contributed by atoms with Crippen molar-refractivity contribution in [3.63, 3.8) is 0 Å². The van der Waals surface area contributed by atoms with Crippen molar-refractivity contribution in [2.75, 3.05) is 7.05 Å². The fraction of sp³-hybridized carbons (Fsp3) is 0.824. The standard InChI is InChI=1S/C17H24ClNO2/c1-19-12-6-7-13(19)17-14(20)9-15(21-16(17)8-12)10-2-4-11(18)5-3-10/h10-13,15H,2-9H2,1H3/t10?,11?,12-,13?,15-/m1/s1. The molecular weight excluding hydrogens is 286 g/mol. The van der Waals surface area contributed by atoms with E-state index < -0.39 is 0 Å². The van der Waals surface area contributed by atoms with Gasteiger partial charge in [0.25, 0.3) is 0 Å². The highest BCUT2D eigenvalue weighted by atomic mass is 35.5. The number of alkyl halides is 1. The Balaban J connectivity index is 1.54. The molecule has 3 atom stereocenters. The third-order valence-corrected chi connectivity index (χ3v) is 6.54. The number of ether oxygens (including phenoxy) is 1. The van der Waals surface area contributed by atoms with Crippen LogP contribution in [0.2, 0.25) is 0 Å². The topological polar surface area (TPSA) is 29.5 Å². The van der Waals surface area contributed by atoms with Gasteiger partial charge in [-0.1, -0.05) is 0 Å². The molecule has 2 fully saturated rings. The third kappa shape index (κ3) is 2.33. The normalized spacial score (nSPS) is 43.7. The lowest BCUT2D eigenvalue weighted by Crippen LogP contribution is -2.45. The number of carbonyl (C=O) groups excluding carboxylic acids is 1. The van der Waals surface area contributed by atoms with Gasteiger partial charge in [0.15, 0.2) is 5.78 Å². The van der Waals surface area contributed by atoms with Crippen LogP contribution in [0.5, 0.6) is 0 Å². The molecule has 3 nitrogen and oxygen atoms in total. The highest BCUT2D eigenvalue weighted by Crippen LogP contribution is 2.44. The lowest BCUT2D eigenvalue weighted by atomic mass is 9.80. The zero-order chi connectivity index (χ0) is 14.6. The first-order valence-electron chi connectivity index (χ1n) is 8.42. The van der Waals surface area contributed by atoms with Gasteiger partial charge >= 0.3 is 0 Å². The van der Waals surface area contributed by atoms with Crippen LogP contribution in [0, 0.1) is 5.92 Å². The fourth-order valence-corrected chi connectivity index (χ4v) is 5.05. The zero-order valence-electron chi connectivity index (χ0n) is 12.7. The van der Waals surface area contributed by atoms with Crippen molar-refractivity contribution >= 4 is 17.4 Å². The summed E-state index contributed by atoms with van der Waals surface area (Å²) in [7, 11) is 2.16. The van der Waals surface area contributed by atoms with Gasteiger partial charge in [-0.2, -0.15) is 0 Å². The predicted octanol–water partition coefficient (Wildman–Crippen LogP) is 3.26. The summed E-state index contributed by atoms with van der Waals surface area (Å²) in [5, 5.41) is 0.328. The number of ketones is 1. The van der Waals surface area contributed by atoms with Crippen LogP contribution in [0.15, 0.2) is 11.3 Å². The highest BCUT2D eigenvalue weighted by molar-refractivity contribution is 6.20. The van der Waals surface area contributed by atoms with E-state index in [0.29, 0.717) is 35.6 Å². The molecule has 3 heterocycles. The minimum absolute atomic E-state index is 0.114. The Bertz CT molecular complexity index is 481. The molecule has 0 spiro atoms. The van der Waals surface area contributed by atoms with E-state index in [-0.39, 0.29) is 6.10 Å². The molecule has 1 aliphatic carbocycles. The van der Waals surface area contributed by atoms with Gasteiger partial charge in [0.05, 0.1) is 5.57 Å². The minimum atomic E-state index is 0.114. The lowest BCUT2D eigenvalue weighted by Gasteiger charge is -2.41. The number of nitrogens with zero attached hydrogens (tertiary/aromatic N) is 1. The quantitative estimate of drug-likeness (QED) is 0.696. The minimum Gasteiger partial charge on any atom is -0.493 e. The predicted molar refractivity (Wildman–Crippen MR) is 82.3 cm³/mol. The molecule has 0 radical (unpaired) electrons. The van der Waals surface area contributed by atoms with E-state index in [1.54, 1.807) is 0 Å². The molecule has 21 heavy (non-hydrogen) atoms. The largest absolute Gasteiger partial charge is 0.493 e. The molecule has 4 aliphatic rings. The van der Waals surface area contributed by atoms with Crippen molar-refractivity contribution in [3.05, 3.63) is 11.3 Å². The van der Waals surface area contributed by atoms with E-state index in [1.807, 2.05) is 0 Å². The Kier molecular flexibility index (Phi) is 3.54. The maximum Gasteiger partial charge on any atom is 0.167 e. The molecule has 116 valence electrons. The number of hydrogen-bond donors (Lipinski definition) is 0. The molecule has 4 heteroatoms. The number of likely N-dealkylation sites (N-methyl/N-ethyl adjacent to an activating group) is 1. The Morgan fingerprint density at radius 2 is 1.86 bits per heavy atom. The van der Waals surface area contributed by atoms with Crippen molar-refractivity contribution in [1.29, 1.82) is 0 Å². The van der Waals surface area contributed by atoms with Gasteiger partial charge in [-0.25, -0.2) is 0 Å². The van der Waals surface area contributed by atoms with Gasteiger partial charge in [-0.05, 0) is 51.5 Å². The molecule has 4 rings (SSSR count). The van der Waals surface area contributed by atoms with Gasteiger partial charge < -0.3 is 4.74 Å². The van der Waals surface area contributed by atoms with Crippen LogP contribution < -0.4 is 0 Å². The summed E-state index contributed by atoms with van der Waals surface area (Å²) in [6.07, 6.45) is 8.33. The van der Waals surface area contributed by atoms with E-state index in [4.69, 9.17) is 16.3 Å². The molecule has 0 N–H and O–H groups in total. The van der Waals surface area contributed by atoms with Crippen LogP contribution in [0.1, 0.15) is 51.4 Å². The Morgan fingerprint density at radius 3 is 2.62 bits per heavy atom. The molecule has 1 saturated heterocycles. The van der Waals surface area contributed by atoms with E-state index in [0.717, 1.165) is 49.9 Å². The van der Waals surface area contributed by atoms with Crippen LogP contribution in [-0.2, 0) is 9.53 Å². The van der Waals surface area contributed by atoms with E-state index in [2.05, 4.69) is 11.9 Å². The van der Waals surface area contributed by atoms with Gasteiger partial charge in [-0.15, -0.1) is 11.6 Å². The van der Waals surface area contributed by atoms with E-state index in [1.165, 1.54) is 6.42 Å². The molecule has 1 unspecified atom stereocenters. The SMILES string of the molecule is CN1C2CC[C@@H]1CC1=C2C(=O)C[C@H](C2CCC(Cl)CC2)O1.